The number of benzene rings is 1. The summed E-state index contributed by atoms with van der Waals surface area (Å²) in [6, 6.07) is 6.02. The van der Waals surface area contributed by atoms with E-state index >= 15 is 0 Å². The van der Waals surface area contributed by atoms with Crippen LogP contribution in [0.25, 0.3) is 11.3 Å². The highest BCUT2D eigenvalue weighted by Crippen LogP contribution is 2.30. The molecular formula is C18H25N5O. The summed E-state index contributed by atoms with van der Waals surface area (Å²) in [6.45, 7) is 6.09. The van der Waals surface area contributed by atoms with Crippen molar-refractivity contribution in [1.82, 2.24) is 20.1 Å². The van der Waals surface area contributed by atoms with Crippen LogP contribution in [0.15, 0.2) is 18.2 Å². The zero-order chi connectivity index (χ0) is 17.1. The van der Waals surface area contributed by atoms with Gasteiger partial charge in [-0.05, 0) is 57.5 Å². The summed E-state index contributed by atoms with van der Waals surface area (Å²) in [5.41, 5.74) is 3.15. The molecule has 3 rings (SSSR count). The minimum atomic E-state index is 0.225. The number of aromatic hydroxyl groups is 1. The fourth-order valence-electron chi connectivity index (χ4n) is 3.18. The van der Waals surface area contributed by atoms with Gasteiger partial charge in [-0.2, -0.15) is 0 Å². The van der Waals surface area contributed by atoms with Crippen LogP contribution in [0.5, 0.6) is 5.75 Å². The fourth-order valence-corrected chi connectivity index (χ4v) is 3.18. The van der Waals surface area contributed by atoms with Gasteiger partial charge in [0.25, 0.3) is 0 Å². The lowest BCUT2D eigenvalue weighted by molar-refractivity contribution is 0.260. The summed E-state index contributed by atoms with van der Waals surface area (Å²) in [4.78, 5) is 6.85. The smallest absolute Gasteiger partial charge is 0.243 e. The molecule has 24 heavy (non-hydrogen) atoms. The Balaban J connectivity index is 1.79. The van der Waals surface area contributed by atoms with Gasteiger partial charge in [-0.15, -0.1) is 10.2 Å². The average Bonchev–Trinajstić information content (AvgIpc) is 2.55. The van der Waals surface area contributed by atoms with E-state index in [-0.39, 0.29) is 5.75 Å². The maximum Gasteiger partial charge on any atom is 0.243 e. The third kappa shape index (κ3) is 3.64. The molecule has 1 aromatic carbocycles. The average molecular weight is 327 g/mol. The molecule has 0 radical (unpaired) electrons. The minimum absolute atomic E-state index is 0.225. The Labute approximate surface area is 142 Å². The number of aryl methyl sites for hydroxylation is 2. The SMILES string of the molecule is CCc1ccc(-c2nnc(N[C@@H]3CCCN(C)C3)nc2C)c(O)c1. The Kier molecular flexibility index (Phi) is 4.94. The molecule has 1 atom stereocenters. The Hall–Kier alpha value is -2.21. The summed E-state index contributed by atoms with van der Waals surface area (Å²) in [6.07, 6.45) is 3.18. The van der Waals surface area contributed by atoms with Gasteiger partial charge in [0.15, 0.2) is 0 Å². The molecule has 1 saturated heterocycles. The van der Waals surface area contributed by atoms with Crippen molar-refractivity contribution in [2.24, 2.45) is 0 Å². The number of hydrogen-bond donors (Lipinski definition) is 2. The molecule has 0 unspecified atom stereocenters. The Bertz CT molecular complexity index is 719. The zero-order valence-corrected chi connectivity index (χ0v) is 14.6. The molecule has 6 nitrogen and oxygen atoms in total. The highest BCUT2D eigenvalue weighted by Gasteiger charge is 2.19. The molecule has 0 aliphatic carbocycles. The fraction of sp³-hybridized carbons (Fsp3) is 0.500. The summed E-state index contributed by atoms with van der Waals surface area (Å²) in [7, 11) is 2.13. The third-order valence-corrected chi connectivity index (χ3v) is 4.54. The molecule has 0 saturated carbocycles. The van der Waals surface area contributed by atoms with Crippen molar-refractivity contribution in [3.05, 3.63) is 29.5 Å². The van der Waals surface area contributed by atoms with Crippen molar-refractivity contribution in [3.63, 3.8) is 0 Å². The first kappa shape index (κ1) is 16.6. The number of rotatable bonds is 4. The molecule has 0 spiro atoms. The van der Waals surface area contributed by atoms with Crippen molar-refractivity contribution in [2.75, 3.05) is 25.5 Å². The van der Waals surface area contributed by atoms with Crippen molar-refractivity contribution in [3.8, 4) is 17.0 Å². The van der Waals surface area contributed by atoms with E-state index in [1.807, 2.05) is 19.1 Å². The van der Waals surface area contributed by atoms with Crippen LogP contribution in [0.4, 0.5) is 5.95 Å². The molecule has 0 bridgehead atoms. The highest BCUT2D eigenvalue weighted by atomic mass is 16.3. The van der Waals surface area contributed by atoms with Gasteiger partial charge in [0, 0.05) is 18.2 Å². The number of piperidine rings is 1. The van der Waals surface area contributed by atoms with Gasteiger partial charge in [-0.25, -0.2) is 4.98 Å². The van der Waals surface area contributed by atoms with Crippen molar-refractivity contribution in [1.29, 1.82) is 0 Å². The number of phenols is 1. The monoisotopic (exact) mass is 327 g/mol. The number of likely N-dealkylation sites (tertiary alicyclic amines) is 1. The van der Waals surface area contributed by atoms with E-state index in [1.165, 1.54) is 6.42 Å². The van der Waals surface area contributed by atoms with E-state index in [2.05, 4.69) is 39.4 Å². The normalized spacial score (nSPS) is 18.5. The molecule has 1 aromatic heterocycles. The molecule has 1 fully saturated rings. The number of nitrogens with zero attached hydrogens (tertiary/aromatic N) is 4. The van der Waals surface area contributed by atoms with Crippen LogP contribution in [0, 0.1) is 6.92 Å². The number of likely N-dealkylation sites (N-methyl/N-ethyl adjacent to an activating group) is 1. The van der Waals surface area contributed by atoms with Gasteiger partial charge in [0.2, 0.25) is 5.95 Å². The molecular weight excluding hydrogens is 302 g/mol. The topological polar surface area (TPSA) is 74.2 Å². The van der Waals surface area contributed by atoms with E-state index < -0.39 is 0 Å². The summed E-state index contributed by atoms with van der Waals surface area (Å²) >= 11 is 0. The van der Waals surface area contributed by atoms with Crippen LogP contribution in [-0.2, 0) is 6.42 Å². The molecule has 1 aliphatic heterocycles. The molecule has 6 heteroatoms. The molecule has 0 amide bonds. The Morgan fingerprint density at radius 2 is 2.17 bits per heavy atom. The molecule has 2 heterocycles. The first-order valence-electron chi connectivity index (χ1n) is 8.55. The molecule has 1 aliphatic rings. The van der Waals surface area contributed by atoms with Gasteiger partial charge in [0.05, 0.1) is 5.69 Å². The second-order valence-electron chi connectivity index (χ2n) is 6.52. The van der Waals surface area contributed by atoms with Gasteiger partial charge >= 0.3 is 0 Å². The van der Waals surface area contributed by atoms with E-state index in [4.69, 9.17) is 0 Å². The van der Waals surface area contributed by atoms with E-state index in [9.17, 15) is 5.11 Å². The lowest BCUT2D eigenvalue weighted by atomic mass is 10.0. The largest absolute Gasteiger partial charge is 0.507 e. The molecule has 128 valence electrons. The van der Waals surface area contributed by atoms with E-state index in [0.717, 1.165) is 37.2 Å². The Morgan fingerprint density at radius 3 is 2.83 bits per heavy atom. The lowest BCUT2D eigenvalue weighted by Gasteiger charge is -2.30. The predicted octanol–water partition coefficient (Wildman–Crippen LogP) is 2.62. The maximum atomic E-state index is 10.2. The minimum Gasteiger partial charge on any atom is -0.507 e. The molecule has 2 aromatic rings. The van der Waals surface area contributed by atoms with Crippen LogP contribution >= 0.6 is 0 Å². The third-order valence-electron chi connectivity index (χ3n) is 4.54. The highest BCUT2D eigenvalue weighted by molar-refractivity contribution is 5.68. The second kappa shape index (κ2) is 7.13. The Morgan fingerprint density at radius 1 is 1.33 bits per heavy atom. The van der Waals surface area contributed by atoms with E-state index in [1.54, 1.807) is 6.07 Å². The van der Waals surface area contributed by atoms with Gasteiger partial charge in [-0.1, -0.05) is 13.0 Å². The number of aromatic nitrogens is 3. The number of phenolic OH excluding ortho intramolecular Hbond substituents is 1. The number of hydrogen-bond acceptors (Lipinski definition) is 6. The summed E-state index contributed by atoms with van der Waals surface area (Å²) in [5, 5.41) is 22.1. The van der Waals surface area contributed by atoms with Gasteiger partial charge < -0.3 is 15.3 Å². The number of anilines is 1. The van der Waals surface area contributed by atoms with Crippen LogP contribution in [0.2, 0.25) is 0 Å². The maximum absolute atomic E-state index is 10.2. The lowest BCUT2D eigenvalue weighted by Crippen LogP contribution is -2.40. The van der Waals surface area contributed by atoms with Crippen LogP contribution in [0.3, 0.4) is 0 Å². The zero-order valence-electron chi connectivity index (χ0n) is 14.6. The molecule has 2 N–H and O–H groups in total. The number of nitrogens with one attached hydrogen (secondary N) is 1. The second-order valence-corrected chi connectivity index (χ2v) is 6.52. The van der Waals surface area contributed by atoms with Crippen molar-refractivity contribution in [2.45, 2.75) is 39.2 Å². The standard InChI is InChI=1S/C18H25N5O/c1-4-13-7-8-15(16(24)10-13)17-12(2)19-18(22-21-17)20-14-6-5-9-23(3)11-14/h7-8,10,14,24H,4-6,9,11H2,1-3H3,(H,19,20,22)/t14-/m1/s1. The summed E-state index contributed by atoms with van der Waals surface area (Å²) < 4.78 is 0. The quantitative estimate of drug-likeness (QED) is 0.899. The summed E-state index contributed by atoms with van der Waals surface area (Å²) in [5.74, 6) is 0.782. The van der Waals surface area contributed by atoms with Crippen LogP contribution < -0.4 is 5.32 Å². The predicted molar refractivity (Wildman–Crippen MR) is 95.2 cm³/mol. The van der Waals surface area contributed by atoms with Gasteiger partial charge in [-0.3, -0.25) is 0 Å². The van der Waals surface area contributed by atoms with E-state index in [0.29, 0.717) is 23.2 Å². The van der Waals surface area contributed by atoms with Crippen molar-refractivity contribution < 1.29 is 5.11 Å². The van der Waals surface area contributed by atoms with Crippen LogP contribution in [-0.4, -0.2) is 51.4 Å². The van der Waals surface area contributed by atoms with Gasteiger partial charge in [0.1, 0.15) is 11.4 Å². The first-order chi connectivity index (χ1) is 11.6. The van der Waals surface area contributed by atoms with Crippen molar-refractivity contribution >= 4 is 5.95 Å². The first-order valence-corrected chi connectivity index (χ1v) is 8.55. The van der Waals surface area contributed by atoms with Crippen LogP contribution in [0.1, 0.15) is 31.0 Å².